The zero-order valence-electron chi connectivity index (χ0n) is 14.5. The van der Waals surface area contributed by atoms with Crippen molar-refractivity contribution in [3.05, 3.63) is 30.5 Å². The van der Waals surface area contributed by atoms with Crippen LogP contribution in [-0.2, 0) is 20.2 Å². The molecule has 0 bridgehead atoms. The van der Waals surface area contributed by atoms with Crippen LogP contribution < -0.4 is 13.1 Å². The SMILES string of the molecule is COc1cc(OS(C)(=O)=O)ccc1-c1nc2ncc(OS(C)(=O)=O)cc2[nH]1. The molecule has 0 aliphatic heterocycles. The third kappa shape index (κ3) is 4.65. The number of fused-ring (bicyclic) bond motifs is 1. The number of rotatable bonds is 6. The standard InChI is InChI=1S/C15H15N3O7S2/c1-23-13-7-9(24-26(2,19)20)4-5-11(13)14-17-12-6-10(25-27(3,21)22)8-16-15(12)18-14/h4-8H,1-3H3,(H,16,17,18). The van der Waals surface area contributed by atoms with Gasteiger partial charge in [-0.25, -0.2) is 9.97 Å². The number of hydrogen-bond donors (Lipinski definition) is 1. The zero-order valence-corrected chi connectivity index (χ0v) is 16.1. The summed E-state index contributed by atoms with van der Waals surface area (Å²) in [7, 11) is -5.93. The van der Waals surface area contributed by atoms with Gasteiger partial charge in [0.1, 0.15) is 17.3 Å². The molecule has 0 aliphatic rings. The molecule has 1 N–H and O–H groups in total. The minimum Gasteiger partial charge on any atom is -0.496 e. The molecule has 12 heteroatoms. The maximum absolute atomic E-state index is 11.3. The maximum atomic E-state index is 11.3. The Morgan fingerprint density at radius 2 is 1.63 bits per heavy atom. The molecule has 2 aromatic heterocycles. The number of H-pyrrole nitrogens is 1. The lowest BCUT2D eigenvalue weighted by molar-refractivity contribution is 0.413. The Labute approximate surface area is 155 Å². The van der Waals surface area contributed by atoms with Crippen molar-refractivity contribution in [3.63, 3.8) is 0 Å². The second kappa shape index (κ2) is 6.70. The van der Waals surface area contributed by atoms with Crippen LogP contribution in [0.4, 0.5) is 0 Å². The van der Waals surface area contributed by atoms with E-state index < -0.39 is 20.2 Å². The topological polar surface area (TPSA) is 138 Å². The van der Waals surface area contributed by atoms with E-state index in [1.807, 2.05) is 0 Å². The molecule has 27 heavy (non-hydrogen) atoms. The molecule has 144 valence electrons. The summed E-state index contributed by atoms with van der Waals surface area (Å²) >= 11 is 0. The van der Waals surface area contributed by atoms with Gasteiger partial charge in [0, 0.05) is 12.1 Å². The fraction of sp³-hybridized carbons (Fsp3) is 0.200. The van der Waals surface area contributed by atoms with Crippen LogP contribution >= 0.6 is 0 Å². The van der Waals surface area contributed by atoms with Crippen LogP contribution in [0.15, 0.2) is 30.5 Å². The summed E-state index contributed by atoms with van der Waals surface area (Å²) in [5.41, 5.74) is 1.32. The molecule has 0 saturated carbocycles. The highest BCUT2D eigenvalue weighted by Gasteiger charge is 2.15. The Morgan fingerprint density at radius 1 is 0.963 bits per heavy atom. The number of benzene rings is 1. The van der Waals surface area contributed by atoms with Crippen molar-refractivity contribution in [2.24, 2.45) is 0 Å². The first-order chi connectivity index (χ1) is 12.5. The molecule has 0 spiro atoms. The number of aromatic nitrogens is 3. The minimum absolute atomic E-state index is 0.0454. The number of nitrogens with zero attached hydrogens (tertiary/aromatic N) is 2. The van der Waals surface area contributed by atoms with Crippen LogP contribution in [-0.4, -0.2) is 51.4 Å². The second-order valence-electron chi connectivity index (χ2n) is 5.56. The molecule has 3 rings (SSSR count). The van der Waals surface area contributed by atoms with Gasteiger partial charge in [0.15, 0.2) is 11.4 Å². The van der Waals surface area contributed by atoms with Crippen LogP contribution in [0.2, 0.25) is 0 Å². The van der Waals surface area contributed by atoms with E-state index in [0.29, 0.717) is 28.3 Å². The summed E-state index contributed by atoms with van der Waals surface area (Å²) < 4.78 is 59.9. The van der Waals surface area contributed by atoms with Gasteiger partial charge in [-0.15, -0.1) is 0 Å². The predicted octanol–water partition coefficient (Wildman–Crippen LogP) is 1.31. The number of methoxy groups -OCH3 is 1. The summed E-state index contributed by atoms with van der Waals surface area (Å²) in [6.45, 7) is 0. The normalized spacial score (nSPS) is 12.1. The molecule has 0 saturated heterocycles. The molecule has 0 unspecified atom stereocenters. The lowest BCUT2D eigenvalue weighted by Gasteiger charge is -2.09. The molecule has 3 aromatic rings. The van der Waals surface area contributed by atoms with Crippen LogP contribution in [0.25, 0.3) is 22.6 Å². The Kier molecular flexibility index (Phi) is 4.70. The summed E-state index contributed by atoms with van der Waals surface area (Å²) in [6, 6.07) is 5.89. The van der Waals surface area contributed by atoms with Crippen molar-refractivity contribution >= 4 is 31.4 Å². The van der Waals surface area contributed by atoms with Gasteiger partial charge >= 0.3 is 20.2 Å². The summed E-state index contributed by atoms with van der Waals surface area (Å²) in [5.74, 6) is 0.847. The summed E-state index contributed by atoms with van der Waals surface area (Å²) in [5, 5.41) is 0. The Bertz CT molecular complexity index is 1220. The van der Waals surface area contributed by atoms with Gasteiger partial charge in [0.25, 0.3) is 0 Å². The zero-order chi connectivity index (χ0) is 19.8. The van der Waals surface area contributed by atoms with Crippen LogP contribution in [0.3, 0.4) is 0 Å². The van der Waals surface area contributed by atoms with E-state index in [0.717, 1.165) is 12.5 Å². The number of hydrogen-bond acceptors (Lipinski definition) is 9. The van der Waals surface area contributed by atoms with Crippen molar-refractivity contribution in [2.45, 2.75) is 0 Å². The van der Waals surface area contributed by atoms with E-state index in [2.05, 4.69) is 15.0 Å². The summed E-state index contributed by atoms with van der Waals surface area (Å²) in [6.07, 6.45) is 3.11. The van der Waals surface area contributed by atoms with Crippen molar-refractivity contribution in [1.29, 1.82) is 0 Å². The average Bonchev–Trinajstić information content (AvgIpc) is 2.94. The molecular weight excluding hydrogens is 398 g/mol. The number of pyridine rings is 1. The highest BCUT2D eigenvalue weighted by atomic mass is 32.2. The van der Waals surface area contributed by atoms with E-state index in [1.54, 1.807) is 6.07 Å². The lowest BCUT2D eigenvalue weighted by atomic mass is 10.2. The molecular formula is C15H15N3O7S2. The van der Waals surface area contributed by atoms with Crippen molar-refractivity contribution < 1.29 is 29.9 Å². The quantitative estimate of drug-likeness (QED) is 0.593. The molecule has 0 fully saturated rings. The first kappa shape index (κ1) is 18.9. The first-order valence-electron chi connectivity index (χ1n) is 7.37. The monoisotopic (exact) mass is 413 g/mol. The van der Waals surface area contributed by atoms with Gasteiger partial charge in [-0.05, 0) is 12.1 Å². The highest BCUT2D eigenvalue weighted by Crippen LogP contribution is 2.33. The molecule has 0 radical (unpaired) electrons. The average molecular weight is 413 g/mol. The highest BCUT2D eigenvalue weighted by molar-refractivity contribution is 7.86. The van der Waals surface area contributed by atoms with Gasteiger partial charge in [0.2, 0.25) is 0 Å². The number of imidazole rings is 1. The largest absolute Gasteiger partial charge is 0.496 e. The fourth-order valence-corrected chi connectivity index (χ4v) is 3.22. The smallest absolute Gasteiger partial charge is 0.306 e. The predicted molar refractivity (Wildman–Crippen MR) is 96.8 cm³/mol. The lowest BCUT2D eigenvalue weighted by Crippen LogP contribution is -2.05. The van der Waals surface area contributed by atoms with Crippen LogP contribution in [0, 0.1) is 0 Å². The van der Waals surface area contributed by atoms with Gasteiger partial charge in [-0.3, -0.25) is 0 Å². The Hall–Kier alpha value is -2.86. The summed E-state index contributed by atoms with van der Waals surface area (Å²) in [4.78, 5) is 11.4. The fourth-order valence-electron chi connectivity index (χ4n) is 2.32. The first-order valence-corrected chi connectivity index (χ1v) is 11.0. The number of aromatic amines is 1. The van der Waals surface area contributed by atoms with Crippen molar-refractivity contribution in [2.75, 3.05) is 19.6 Å². The third-order valence-electron chi connectivity index (χ3n) is 3.24. The minimum atomic E-state index is -3.68. The van der Waals surface area contributed by atoms with E-state index in [4.69, 9.17) is 13.1 Å². The molecule has 2 heterocycles. The number of nitrogens with one attached hydrogen (secondary N) is 1. The maximum Gasteiger partial charge on any atom is 0.306 e. The third-order valence-corrected chi connectivity index (χ3v) is 4.23. The van der Waals surface area contributed by atoms with Gasteiger partial charge in [-0.2, -0.15) is 16.8 Å². The van der Waals surface area contributed by atoms with Gasteiger partial charge < -0.3 is 18.1 Å². The van der Waals surface area contributed by atoms with Crippen LogP contribution in [0.1, 0.15) is 0 Å². The van der Waals surface area contributed by atoms with Crippen molar-refractivity contribution in [3.8, 4) is 28.6 Å². The van der Waals surface area contributed by atoms with Crippen molar-refractivity contribution in [1.82, 2.24) is 15.0 Å². The van der Waals surface area contributed by atoms with E-state index in [-0.39, 0.29) is 11.5 Å². The second-order valence-corrected chi connectivity index (χ2v) is 8.71. The molecule has 0 aliphatic carbocycles. The molecule has 1 aromatic carbocycles. The number of ether oxygens (including phenoxy) is 1. The van der Waals surface area contributed by atoms with Gasteiger partial charge in [0.05, 0.1) is 36.9 Å². The Morgan fingerprint density at radius 3 is 2.26 bits per heavy atom. The van der Waals surface area contributed by atoms with E-state index in [1.165, 1.54) is 31.5 Å². The van der Waals surface area contributed by atoms with Gasteiger partial charge in [-0.1, -0.05) is 0 Å². The van der Waals surface area contributed by atoms with E-state index >= 15 is 0 Å². The van der Waals surface area contributed by atoms with E-state index in [9.17, 15) is 16.8 Å². The molecule has 10 nitrogen and oxygen atoms in total. The molecule has 0 atom stereocenters. The van der Waals surface area contributed by atoms with Crippen LogP contribution in [0.5, 0.6) is 17.2 Å². The molecule has 0 amide bonds. The Balaban J connectivity index is 2.01.